The molecule has 1 aromatic heterocycles. The summed E-state index contributed by atoms with van der Waals surface area (Å²) in [6.07, 6.45) is 0. The highest BCUT2D eigenvalue weighted by Gasteiger charge is 2.16. The smallest absolute Gasteiger partial charge is 0.0348 e. The third-order valence-corrected chi connectivity index (χ3v) is 4.30. The van der Waals surface area contributed by atoms with E-state index in [4.69, 9.17) is 0 Å². The fraction of sp³-hybridized carbons (Fsp3) is 0.333. The number of thiophene rings is 1. The van der Waals surface area contributed by atoms with E-state index in [2.05, 4.69) is 64.1 Å². The molecule has 0 fully saturated rings. The van der Waals surface area contributed by atoms with Crippen molar-refractivity contribution in [3.63, 3.8) is 0 Å². The number of benzene rings is 1. The Kier molecular flexibility index (Phi) is 2.90. The Bertz CT molecular complexity index is 486. The summed E-state index contributed by atoms with van der Waals surface area (Å²) in [6.45, 7) is 8.97. The van der Waals surface area contributed by atoms with Gasteiger partial charge in [-0.2, -0.15) is 0 Å². The summed E-state index contributed by atoms with van der Waals surface area (Å²) in [4.78, 5) is 2.83. The minimum atomic E-state index is 0.256. The van der Waals surface area contributed by atoms with E-state index < -0.39 is 0 Å². The van der Waals surface area contributed by atoms with Crippen LogP contribution in [0.4, 0.5) is 0 Å². The third-order valence-electron chi connectivity index (χ3n) is 2.76. The lowest BCUT2D eigenvalue weighted by atomic mass is 9.95. The van der Waals surface area contributed by atoms with Gasteiger partial charge in [-0.25, -0.2) is 0 Å². The van der Waals surface area contributed by atoms with Crippen molar-refractivity contribution in [3.05, 3.63) is 46.8 Å². The van der Waals surface area contributed by atoms with Gasteiger partial charge in [0.25, 0.3) is 0 Å². The zero-order valence-corrected chi connectivity index (χ0v) is 11.2. The average Bonchev–Trinajstić information content (AvgIpc) is 2.66. The molecule has 0 aliphatic heterocycles. The van der Waals surface area contributed by atoms with Crippen molar-refractivity contribution in [1.29, 1.82) is 0 Å². The summed E-state index contributed by atoms with van der Waals surface area (Å²) in [5.41, 5.74) is 2.97. The first-order valence-corrected chi connectivity index (χ1v) is 6.46. The number of hydrogen-bond donors (Lipinski definition) is 0. The van der Waals surface area contributed by atoms with Gasteiger partial charge >= 0.3 is 0 Å². The first-order chi connectivity index (χ1) is 7.48. The largest absolute Gasteiger partial charge is 0.140 e. The Morgan fingerprint density at radius 2 is 1.62 bits per heavy atom. The maximum absolute atomic E-state index is 2.26. The van der Waals surface area contributed by atoms with Crippen LogP contribution in [0.2, 0.25) is 0 Å². The van der Waals surface area contributed by atoms with Gasteiger partial charge in [-0.1, -0.05) is 45.0 Å². The molecule has 0 nitrogen and oxygen atoms in total. The Labute approximate surface area is 102 Å². The van der Waals surface area contributed by atoms with Crippen LogP contribution in [0.5, 0.6) is 0 Å². The fourth-order valence-corrected chi connectivity index (χ4v) is 2.89. The van der Waals surface area contributed by atoms with Crippen LogP contribution >= 0.6 is 11.3 Å². The van der Waals surface area contributed by atoms with Crippen LogP contribution in [0.3, 0.4) is 0 Å². The van der Waals surface area contributed by atoms with Crippen molar-refractivity contribution >= 4 is 11.3 Å². The summed E-state index contributed by atoms with van der Waals surface area (Å²) in [7, 11) is 0. The van der Waals surface area contributed by atoms with Crippen LogP contribution in [0.1, 0.15) is 31.2 Å². The second-order valence-electron chi connectivity index (χ2n) is 5.23. The van der Waals surface area contributed by atoms with Crippen LogP contribution in [0.15, 0.2) is 36.4 Å². The Hall–Kier alpha value is -1.08. The van der Waals surface area contributed by atoms with Gasteiger partial charge in [0.1, 0.15) is 0 Å². The minimum Gasteiger partial charge on any atom is -0.140 e. The van der Waals surface area contributed by atoms with Crippen LogP contribution < -0.4 is 0 Å². The highest BCUT2D eigenvalue weighted by Crippen LogP contribution is 2.35. The lowest BCUT2D eigenvalue weighted by Gasteiger charge is -2.15. The predicted octanol–water partition coefficient (Wildman–Crippen LogP) is 5.02. The molecule has 0 saturated heterocycles. The number of rotatable bonds is 1. The first-order valence-electron chi connectivity index (χ1n) is 5.65. The van der Waals surface area contributed by atoms with Gasteiger partial charge < -0.3 is 0 Å². The topological polar surface area (TPSA) is 0 Å². The molecular weight excluding hydrogens is 212 g/mol. The van der Waals surface area contributed by atoms with Crippen molar-refractivity contribution in [2.45, 2.75) is 33.1 Å². The first kappa shape index (κ1) is 11.4. The molecule has 0 N–H and O–H groups in total. The molecule has 0 unspecified atom stereocenters. The zero-order valence-electron chi connectivity index (χ0n) is 10.4. The molecule has 0 spiro atoms. The molecule has 0 saturated carbocycles. The van der Waals surface area contributed by atoms with Gasteiger partial charge in [0.2, 0.25) is 0 Å². The monoisotopic (exact) mass is 230 g/mol. The second-order valence-corrected chi connectivity index (χ2v) is 6.31. The summed E-state index contributed by atoms with van der Waals surface area (Å²) < 4.78 is 0. The van der Waals surface area contributed by atoms with E-state index in [1.54, 1.807) is 0 Å². The third kappa shape index (κ3) is 2.19. The maximum atomic E-state index is 2.26. The van der Waals surface area contributed by atoms with Crippen LogP contribution in [-0.2, 0) is 5.41 Å². The summed E-state index contributed by atoms with van der Waals surface area (Å²) >= 11 is 1.91. The number of hydrogen-bond acceptors (Lipinski definition) is 1. The SMILES string of the molecule is Cc1ccccc1-c1ccc(C(C)(C)C)s1. The van der Waals surface area contributed by atoms with Crippen molar-refractivity contribution < 1.29 is 0 Å². The van der Waals surface area contributed by atoms with Crippen molar-refractivity contribution in [1.82, 2.24) is 0 Å². The van der Waals surface area contributed by atoms with Gasteiger partial charge in [-0.05, 0) is 35.6 Å². The molecule has 1 aromatic carbocycles. The maximum Gasteiger partial charge on any atom is 0.0348 e. The zero-order chi connectivity index (χ0) is 11.8. The Morgan fingerprint density at radius 3 is 2.19 bits per heavy atom. The van der Waals surface area contributed by atoms with Gasteiger partial charge in [0.15, 0.2) is 0 Å². The highest BCUT2D eigenvalue weighted by atomic mass is 32.1. The average molecular weight is 230 g/mol. The molecular formula is C15H18S. The number of aryl methyl sites for hydroxylation is 1. The van der Waals surface area contributed by atoms with E-state index in [-0.39, 0.29) is 5.41 Å². The molecule has 0 aliphatic rings. The van der Waals surface area contributed by atoms with E-state index in [0.717, 1.165) is 0 Å². The highest BCUT2D eigenvalue weighted by molar-refractivity contribution is 7.15. The van der Waals surface area contributed by atoms with Crippen molar-refractivity contribution in [2.75, 3.05) is 0 Å². The van der Waals surface area contributed by atoms with E-state index in [0.29, 0.717) is 0 Å². The van der Waals surface area contributed by atoms with Gasteiger partial charge in [-0.3, -0.25) is 0 Å². The van der Waals surface area contributed by atoms with Crippen LogP contribution in [0.25, 0.3) is 10.4 Å². The summed E-state index contributed by atoms with van der Waals surface area (Å²) in [6, 6.07) is 13.1. The van der Waals surface area contributed by atoms with E-state index in [9.17, 15) is 0 Å². The lowest BCUT2D eigenvalue weighted by molar-refractivity contribution is 0.604. The predicted molar refractivity (Wildman–Crippen MR) is 73.2 cm³/mol. The fourth-order valence-electron chi connectivity index (χ4n) is 1.74. The lowest BCUT2D eigenvalue weighted by Crippen LogP contribution is -2.07. The molecule has 2 aromatic rings. The van der Waals surface area contributed by atoms with Crippen molar-refractivity contribution in [3.8, 4) is 10.4 Å². The summed E-state index contributed by atoms with van der Waals surface area (Å²) in [5, 5.41) is 0. The quantitative estimate of drug-likeness (QED) is 0.645. The van der Waals surface area contributed by atoms with Gasteiger partial charge in [-0.15, -0.1) is 11.3 Å². The molecule has 84 valence electrons. The molecule has 0 radical (unpaired) electrons. The second kappa shape index (κ2) is 4.06. The Morgan fingerprint density at radius 1 is 0.938 bits per heavy atom. The standard InChI is InChI=1S/C15H18S/c1-11-7-5-6-8-12(11)13-9-10-14(16-13)15(2,3)4/h5-10H,1-4H3. The summed E-state index contributed by atoms with van der Waals surface area (Å²) in [5.74, 6) is 0. The minimum absolute atomic E-state index is 0.256. The van der Waals surface area contributed by atoms with E-state index >= 15 is 0 Å². The molecule has 0 atom stereocenters. The normalized spacial score (nSPS) is 11.8. The molecule has 0 aliphatic carbocycles. The van der Waals surface area contributed by atoms with Crippen LogP contribution in [-0.4, -0.2) is 0 Å². The van der Waals surface area contributed by atoms with E-state index in [1.807, 2.05) is 11.3 Å². The van der Waals surface area contributed by atoms with Gasteiger partial charge in [0, 0.05) is 9.75 Å². The van der Waals surface area contributed by atoms with E-state index in [1.165, 1.54) is 20.9 Å². The van der Waals surface area contributed by atoms with Crippen LogP contribution in [0, 0.1) is 6.92 Å². The molecule has 0 amide bonds. The molecule has 2 rings (SSSR count). The molecule has 1 heterocycles. The molecule has 0 bridgehead atoms. The molecule has 16 heavy (non-hydrogen) atoms. The van der Waals surface area contributed by atoms with Gasteiger partial charge in [0.05, 0.1) is 0 Å². The van der Waals surface area contributed by atoms with Crippen molar-refractivity contribution in [2.24, 2.45) is 0 Å². The molecule has 1 heteroatoms. The Balaban J connectivity index is 2.44.